The number of aromatic nitrogens is 2. The van der Waals surface area contributed by atoms with E-state index in [-0.39, 0.29) is 23.0 Å². The third-order valence-corrected chi connectivity index (χ3v) is 8.73. The monoisotopic (exact) mass is 530 g/mol. The van der Waals surface area contributed by atoms with Gasteiger partial charge in [-0.2, -0.15) is 0 Å². The van der Waals surface area contributed by atoms with Crippen LogP contribution in [0.3, 0.4) is 0 Å². The van der Waals surface area contributed by atoms with Crippen molar-refractivity contribution in [2.45, 2.75) is 91.0 Å². The first kappa shape index (κ1) is 29.2. The molecule has 1 aromatic rings. The predicted octanol–water partition coefficient (Wildman–Crippen LogP) is 4.04. The topological polar surface area (TPSA) is 85.7 Å². The van der Waals surface area contributed by atoms with Gasteiger partial charge in [0.25, 0.3) is 0 Å². The van der Waals surface area contributed by atoms with Crippen LogP contribution >= 0.6 is 0 Å². The molecule has 1 amide bonds. The van der Waals surface area contributed by atoms with E-state index < -0.39 is 0 Å². The Morgan fingerprint density at radius 2 is 1.97 bits per heavy atom. The van der Waals surface area contributed by atoms with Gasteiger partial charge in [-0.05, 0) is 56.3 Å². The number of amides is 1. The lowest BCUT2D eigenvalue weighted by Gasteiger charge is -2.42. The number of nitrogens with zero attached hydrogens (tertiary/aromatic N) is 3. The molecular weight excluding hydrogens is 480 g/mol. The number of morpholine rings is 1. The number of unbranched alkanes of at least 4 members (excludes halogenated alkanes) is 1. The average Bonchev–Trinajstić information content (AvgIpc) is 3.30. The lowest BCUT2D eigenvalue weighted by molar-refractivity contribution is -0.141. The molecule has 8 heteroatoms. The van der Waals surface area contributed by atoms with Crippen LogP contribution in [-0.4, -0.2) is 79.3 Å². The molecule has 3 aliphatic heterocycles. The standard InChI is InChI=1S/C30H50N4O4/c1-23(2)9-8-12-30(19-24(21-31-22-30)29(36)33-14-17-38-18-15-33)20-26(35)28-25(10-5-7-16-37-3)34-13-6-4-11-27(34)32-28/h23-24,31H,4-22H2,1-3H3/t24-,30+/m1/s1. The summed E-state index contributed by atoms with van der Waals surface area (Å²) in [5.41, 5.74) is 1.61. The minimum Gasteiger partial charge on any atom is -0.385 e. The molecule has 0 saturated carbocycles. The number of imidazole rings is 1. The van der Waals surface area contributed by atoms with Crippen LogP contribution in [0.1, 0.15) is 93.6 Å². The molecule has 0 unspecified atom stereocenters. The highest BCUT2D eigenvalue weighted by Gasteiger charge is 2.42. The molecule has 0 spiro atoms. The van der Waals surface area contributed by atoms with Crippen LogP contribution in [0.25, 0.3) is 0 Å². The molecule has 4 heterocycles. The number of piperidine rings is 1. The van der Waals surface area contributed by atoms with Crippen LogP contribution in [0.4, 0.5) is 0 Å². The third-order valence-electron chi connectivity index (χ3n) is 8.73. The summed E-state index contributed by atoms with van der Waals surface area (Å²) in [4.78, 5) is 34.5. The van der Waals surface area contributed by atoms with Crippen LogP contribution in [-0.2, 0) is 33.7 Å². The number of hydrogen-bond donors (Lipinski definition) is 1. The number of methoxy groups -OCH3 is 1. The molecule has 0 aromatic carbocycles. The summed E-state index contributed by atoms with van der Waals surface area (Å²) < 4.78 is 13.1. The van der Waals surface area contributed by atoms with E-state index in [4.69, 9.17) is 14.5 Å². The Hall–Kier alpha value is -1.77. The van der Waals surface area contributed by atoms with Gasteiger partial charge >= 0.3 is 0 Å². The first-order valence-electron chi connectivity index (χ1n) is 15.1. The number of carbonyl (C=O) groups is 2. The second-order valence-corrected chi connectivity index (χ2v) is 12.2. The number of carbonyl (C=O) groups excluding carboxylic acids is 2. The van der Waals surface area contributed by atoms with E-state index >= 15 is 0 Å². The molecule has 0 bridgehead atoms. The zero-order chi connectivity index (χ0) is 27.0. The smallest absolute Gasteiger partial charge is 0.227 e. The third kappa shape index (κ3) is 7.45. The van der Waals surface area contributed by atoms with Gasteiger partial charge in [-0.3, -0.25) is 9.59 Å². The van der Waals surface area contributed by atoms with E-state index in [1.54, 1.807) is 7.11 Å². The Labute approximate surface area is 229 Å². The van der Waals surface area contributed by atoms with Crippen molar-refractivity contribution in [2.75, 3.05) is 53.1 Å². The van der Waals surface area contributed by atoms with Crippen molar-refractivity contribution >= 4 is 11.7 Å². The van der Waals surface area contributed by atoms with Gasteiger partial charge in [0.15, 0.2) is 5.78 Å². The Balaban J connectivity index is 1.53. The fraction of sp³-hybridized carbons (Fsp3) is 0.833. The molecular formula is C30H50N4O4. The van der Waals surface area contributed by atoms with E-state index in [0.717, 1.165) is 95.4 Å². The van der Waals surface area contributed by atoms with Crippen molar-refractivity contribution in [3.63, 3.8) is 0 Å². The quantitative estimate of drug-likeness (QED) is 0.306. The zero-order valence-electron chi connectivity index (χ0n) is 24.1. The second-order valence-electron chi connectivity index (χ2n) is 12.2. The van der Waals surface area contributed by atoms with Crippen molar-refractivity contribution in [1.29, 1.82) is 0 Å². The van der Waals surface area contributed by atoms with Crippen molar-refractivity contribution in [2.24, 2.45) is 17.3 Å². The second kappa shape index (κ2) is 14.0. The average molecular weight is 531 g/mol. The number of Topliss-reactive ketones (excluding diaryl/α,β-unsaturated/α-hetero) is 1. The fourth-order valence-electron chi connectivity index (χ4n) is 6.68. The lowest BCUT2D eigenvalue weighted by Crippen LogP contribution is -2.52. The Morgan fingerprint density at radius 1 is 1.16 bits per heavy atom. The van der Waals surface area contributed by atoms with E-state index in [1.165, 1.54) is 0 Å². The summed E-state index contributed by atoms with van der Waals surface area (Å²) in [6.07, 6.45) is 10.5. The van der Waals surface area contributed by atoms with E-state index in [0.29, 0.717) is 50.9 Å². The number of ether oxygens (including phenoxy) is 2. The van der Waals surface area contributed by atoms with E-state index in [2.05, 4.69) is 23.7 Å². The molecule has 4 rings (SSSR count). The van der Waals surface area contributed by atoms with Gasteiger partial charge in [0.2, 0.25) is 5.91 Å². The molecule has 214 valence electrons. The maximum Gasteiger partial charge on any atom is 0.227 e. The van der Waals surface area contributed by atoms with Crippen LogP contribution in [0.5, 0.6) is 0 Å². The summed E-state index contributed by atoms with van der Waals surface area (Å²) in [5.74, 6) is 2.01. The molecule has 0 aliphatic carbocycles. The van der Waals surface area contributed by atoms with Gasteiger partial charge in [-0.25, -0.2) is 4.98 Å². The highest BCUT2D eigenvalue weighted by atomic mass is 16.5. The Bertz CT molecular complexity index is 924. The fourth-order valence-corrected chi connectivity index (χ4v) is 6.68. The van der Waals surface area contributed by atoms with Gasteiger partial charge in [0.1, 0.15) is 11.5 Å². The molecule has 8 nitrogen and oxygen atoms in total. The predicted molar refractivity (Wildman–Crippen MR) is 148 cm³/mol. The Kier molecular flexibility index (Phi) is 10.8. The van der Waals surface area contributed by atoms with E-state index in [9.17, 15) is 9.59 Å². The van der Waals surface area contributed by atoms with Gasteiger partial charge in [0.05, 0.1) is 19.1 Å². The number of nitrogens with one attached hydrogen (secondary N) is 1. The molecule has 2 fully saturated rings. The normalized spacial score (nSPS) is 24.0. The molecule has 1 N–H and O–H groups in total. The Morgan fingerprint density at radius 3 is 2.74 bits per heavy atom. The SMILES string of the molecule is COCCCCc1c(C(=O)C[C@@]2(CCCC(C)C)CNC[C@H](C(=O)N3CCOCC3)C2)nc2n1CCCC2. The first-order chi connectivity index (χ1) is 18.4. The summed E-state index contributed by atoms with van der Waals surface area (Å²) in [7, 11) is 1.74. The number of ketones is 1. The van der Waals surface area contributed by atoms with Crippen LogP contribution in [0.2, 0.25) is 0 Å². The molecule has 38 heavy (non-hydrogen) atoms. The zero-order valence-corrected chi connectivity index (χ0v) is 24.1. The van der Waals surface area contributed by atoms with Gasteiger partial charge < -0.3 is 24.3 Å². The van der Waals surface area contributed by atoms with Gasteiger partial charge in [0, 0.05) is 65.0 Å². The number of fused-ring (bicyclic) bond motifs is 1. The number of rotatable bonds is 13. The largest absolute Gasteiger partial charge is 0.385 e. The van der Waals surface area contributed by atoms with Crippen molar-refractivity contribution in [3.05, 3.63) is 17.2 Å². The highest BCUT2D eigenvalue weighted by molar-refractivity contribution is 5.96. The minimum absolute atomic E-state index is 0.0857. The molecule has 3 aliphatic rings. The maximum absolute atomic E-state index is 14.1. The van der Waals surface area contributed by atoms with Crippen LogP contribution < -0.4 is 5.32 Å². The molecule has 2 atom stereocenters. The molecule has 0 radical (unpaired) electrons. The van der Waals surface area contributed by atoms with Crippen LogP contribution in [0.15, 0.2) is 0 Å². The maximum atomic E-state index is 14.1. The first-order valence-corrected chi connectivity index (χ1v) is 15.1. The minimum atomic E-state index is -0.214. The summed E-state index contributed by atoms with van der Waals surface area (Å²) >= 11 is 0. The van der Waals surface area contributed by atoms with Crippen molar-refractivity contribution < 1.29 is 19.1 Å². The van der Waals surface area contributed by atoms with Crippen molar-refractivity contribution in [3.8, 4) is 0 Å². The number of aryl methyl sites for hydroxylation is 1. The summed E-state index contributed by atoms with van der Waals surface area (Å²) in [6, 6.07) is 0. The van der Waals surface area contributed by atoms with Crippen LogP contribution in [0, 0.1) is 17.3 Å². The van der Waals surface area contributed by atoms with Crippen molar-refractivity contribution in [1.82, 2.24) is 19.8 Å². The summed E-state index contributed by atoms with van der Waals surface area (Å²) in [6.45, 7) is 10.3. The van der Waals surface area contributed by atoms with Gasteiger partial charge in [-0.1, -0.05) is 26.7 Å². The highest BCUT2D eigenvalue weighted by Crippen LogP contribution is 2.40. The summed E-state index contributed by atoms with van der Waals surface area (Å²) in [5, 5.41) is 3.58. The number of hydrogen-bond acceptors (Lipinski definition) is 6. The van der Waals surface area contributed by atoms with E-state index in [1.807, 2.05) is 4.90 Å². The molecule has 2 saturated heterocycles. The molecule has 1 aromatic heterocycles. The van der Waals surface area contributed by atoms with Gasteiger partial charge in [-0.15, -0.1) is 0 Å². The lowest BCUT2D eigenvalue weighted by atomic mass is 9.69.